The molecule has 0 aliphatic rings. The van der Waals surface area contributed by atoms with Crippen LogP contribution < -0.4 is 4.74 Å². The molecule has 0 bridgehead atoms. The first kappa shape index (κ1) is 10.7. The van der Waals surface area contributed by atoms with Gasteiger partial charge in [-0.25, -0.2) is 4.68 Å². The van der Waals surface area contributed by atoms with Crippen molar-refractivity contribution in [3.8, 4) is 11.4 Å². The van der Waals surface area contributed by atoms with Crippen LogP contribution in [-0.2, 0) is 0 Å². The lowest BCUT2D eigenvalue weighted by Crippen LogP contribution is -2.01. The topological polar surface area (TPSA) is 27.1 Å². The monoisotopic (exact) mass is 216 g/mol. The summed E-state index contributed by atoms with van der Waals surface area (Å²) < 4.78 is 7.24. The molecule has 2 rings (SSSR count). The molecule has 1 heterocycles. The first-order chi connectivity index (χ1) is 7.61. The van der Waals surface area contributed by atoms with Gasteiger partial charge in [-0.3, -0.25) is 0 Å². The van der Waals surface area contributed by atoms with Crippen LogP contribution in [0, 0.1) is 20.8 Å². The van der Waals surface area contributed by atoms with Crippen molar-refractivity contribution in [1.29, 1.82) is 0 Å². The van der Waals surface area contributed by atoms with Gasteiger partial charge in [-0.2, -0.15) is 5.10 Å². The summed E-state index contributed by atoms with van der Waals surface area (Å²) in [6.45, 7) is 6.09. The number of nitrogens with zero attached hydrogens (tertiary/aromatic N) is 2. The number of aromatic nitrogens is 2. The maximum absolute atomic E-state index is 5.35. The first-order valence-electron chi connectivity index (χ1n) is 5.29. The molecule has 0 aliphatic heterocycles. The summed E-state index contributed by atoms with van der Waals surface area (Å²) in [5.74, 6) is 0.906. The molecular formula is C13H16N2O. The zero-order valence-corrected chi connectivity index (χ0v) is 10.1. The van der Waals surface area contributed by atoms with Gasteiger partial charge in [-0.05, 0) is 44.5 Å². The molecule has 0 radical (unpaired) electrons. The van der Waals surface area contributed by atoms with Crippen LogP contribution in [0.1, 0.15) is 16.8 Å². The fraction of sp³-hybridized carbons (Fsp3) is 0.308. The van der Waals surface area contributed by atoms with Crippen molar-refractivity contribution in [2.75, 3.05) is 7.11 Å². The third kappa shape index (κ3) is 1.81. The van der Waals surface area contributed by atoms with Gasteiger partial charge in [0.05, 0.1) is 18.5 Å². The average Bonchev–Trinajstić information content (AvgIpc) is 2.67. The molecule has 0 amide bonds. The highest BCUT2D eigenvalue weighted by Crippen LogP contribution is 2.26. The normalized spacial score (nSPS) is 10.5. The van der Waals surface area contributed by atoms with Gasteiger partial charge in [0.15, 0.2) is 0 Å². The second kappa shape index (κ2) is 4.00. The Balaban J connectivity index is 2.60. The maximum Gasteiger partial charge on any atom is 0.124 e. The Morgan fingerprint density at radius 3 is 2.50 bits per heavy atom. The van der Waals surface area contributed by atoms with E-state index in [1.165, 1.54) is 5.56 Å². The van der Waals surface area contributed by atoms with Gasteiger partial charge >= 0.3 is 0 Å². The van der Waals surface area contributed by atoms with E-state index in [9.17, 15) is 0 Å². The summed E-state index contributed by atoms with van der Waals surface area (Å²) >= 11 is 0. The van der Waals surface area contributed by atoms with Crippen molar-refractivity contribution in [1.82, 2.24) is 9.78 Å². The van der Waals surface area contributed by atoms with E-state index in [1.54, 1.807) is 7.11 Å². The highest BCUT2D eigenvalue weighted by Gasteiger charge is 2.08. The fourth-order valence-corrected chi connectivity index (χ4v) is 1.81. The average molecular weight is 216 g/mol. The van der Waals surface area contributed by atoms with Crippen LogP contribution in [0.15, 0.2) is 24.4 Å². The lowest BCUT2D eigenvalue weighted by molar-refractivity contribution is 0.411. The van der Waals surface area contributed by atoms with Crippen LogP contribution in [0.4, 0.5) is 0 Å². The van der Waals surface area contributed by atoms with Crippen molar-refractivity contribution in [3.63, 3.8) is 0 Å². The lowest BCUT2D eigenvalue weighted by Gasteiger charge is -2.11. The minimum atomic E-state index is 0.906. The number of aryl methyl sites for hydroxylation is 2. The van der Waals surface area contributed by atoms with Gasteiger partial charge in [-0.1, -0.05) is 0 Å². The van der Waals surface area contributed by atoms with Crippen LogP contribution in [0.5, 0.6) is 5.75 Å². The van der Waals surface area contributed by atoms with E-state index in [0.29, 0.717) is 0 Å². The van der Waals surface area contributed by atoms with Crippen LogP contribution in [-0.4, -0.2) is 16.9 Å². The quantitative estimate of drug-likeness (QED) is 0.771. The number of hydrogen-bond donors (Lipinski definition) is 0. The third-order valence-electron chi connectivity index (χ3n) is 2.67. The van der Waals surface area contributed by atoms with E-state index in [1.807, 2.05) is 36.9 Å². The molecule has 1 aromatic carbocycles. The zero-order chi connectivity index (χ0) is 11.7. The highest BCUT2D eigenvalue weighted by atomic mass is 16.5. The van der Waals surface area contributed by atoms with Crippen molar-refractivity contribution < 1.29 is 4.74 Å². The molecule has 0 fully saturated rings. The van der Waals surface area contributed by atoms with E-state index in [0.717, 1.165) is 22.7 Å². The van der Waals surface area contributed by atoms with Crippen molar-refractivity contribution in [3.05, 3.63) is 41.2 Å². The van der Waals surface area contributed by atoms with Gasteiger partial charge in [0.2, 0.25) is 0 Å². The van der Waals surface area contributed by atoms with Crippen LogP contribution in [0.2, 0.25) is 0 Å². The molecule has 0 atom stereocenters. The summed E-state index contributed by atoms with van der Waals surface area (Å²) in [6, 6.07) is 6.15. The van der Waals surface area contributed by atoms with E-state index in [4.69, 9.17) is 4.74 Å². The molecular weight excluding hydrogens is 200 g/mol. The molecule has 84 valence electrons. The maximum atomic E-state index is 5.35. The molecule has 0 unspecified atom stereocenters. The minimum absolute atomic E-state index is 0.906. The summed E-state index contributed by atoms with van der Waals surface area (Å²) in [5, 5.41) is 4.42. The van der Waals surface area contributed by atoms with E-state index < -0.39 is 0 Å². The van der Waals surface area contributed by atoms with Crippen molar-refractivity contribution >= 4 is 0 Å². The number of benzene rings is 1. The summed E-state index contributed by atoms with van der Waals surface area (Å²) in [6.07, 6.45) is 1.97. The summed E-state index contributed by atoms with van der Waals surface area (Å²) in [5.41, 5.74) is 4.37. The number of hydrogen-bond acceptors (Lipinski definition) is 2. The molecule has 1 aromatic heterocycles. The number of methoxy groups -OCH3 is 1. The minimum Gasteiger partial charge on any atom is -0.496 e. The van der Waals surface area contributed by atoms with Crippen LogP contribution in [0.25, 0.3) is 5.69 Å². The molecule has 2 aromatic rings. The fourth-order valence-electron chi connectivity index (χ4n) is 1.81. The van der Waals surface area contributed by atoms with Gasteiger partial charge in [-0.15, -0.1) is 0 Å². The molecule has 3 heteroatoms. The van der Waals surface area contributed by atoms with E-state index >= 15 is 0 Å². The van der Waals surface area contributed by atoms with Gasteiger partial charge < -0.3 is 4.74 Å². The molecule has 0 saturated carbocycles. The molecule has 3 nitrogen and oxygen atoms in total. The molecule has 0 N–H and O–H groups in total. The van der Waals surface area contributed by atoms with Crippen molar-refractivity contribution in [2.24, 2.45) is 0 Å². The Morgan fingerprint density at radius 2 is 1.94 bits per heavy atom. The first-order valence-corrected chi connectivity index (χ1v) is 5.29. The predicted octanol–water partition coefficient (Wildman–Crippen LogP) is 2.81. The molecule has 0 spiro atoms. The Morgan fingerprint density at radius 1 is 1.19 bits per heavy atom. The van der Waals surface area contributed by atoms with Crippen LogP contribution >= 0.6 is 0 Å². The largest absolute Gasteiger partial charge is 0.496 e. The van der Waals surface area contributed by atoms with Gasteiger partial charge in [0.1, 0.15) is 5.75 Å². The molecule has 0 saturated heterocycles. The number of rotatable bonds is 2. The zero-order valence-electron chi connectivity index (χ0n) is 10.1. The van der Waals surface area contributed by atoms with E-state index in [2.05, 4.69) is 18.1 Å². The Hall–Kier alpha value is -1.77. The highest BCUT2D eigenvalue weighted by molar-refractivity contribution is 5.51. The second-order valence-corrected chi connectivity index (χ2v) is 4.01. The standard InChI is InChI=1S/C13H16N2O/c1-9-7-12(11(3)13(8-9)16-4)15-6-5-10(2)14-15/h5-8H,1-4H3. The number of ether oxygens (including phenoxy) is 1. The van der Waals surface area contributed by atoms with Crippen LogP contribution in [0.3, 0.4) is 0 Å². The van der Waals surface area contributed by atoms with E-state index in [-0.39, 0.29) is 0 Å². The smallest absolute Gasteiger partial charge is 0.124 e. The molecule has 16 heavy (non-hydrogen) atoms. The second-order valence-electron chi connectivity index (χ2n) is 4.01. The Bertz CT molecular complexity index is 515. The predicted molar refractivity (Wildman–Crippen MR) is 64.3 cm³/mol. The van der Waals surface area contributed by atoms with Gasteiger partial charge in [0, 0.05) is 11.8 Å². The summed E-state index contributed by atoms with van der Waals surface area (Å²) in [7, 11) is 1.69. The Labute approximate surface area is 95.7 Å². The third-order valence-corrected chi connectivity index (χ3v) is 2.67. The van der Waals surface area contributed by atoms with Gasteiger partial charge in [0.25, 0.3) is 0 Å². The SMILES string of the molecule is COc1cc(C)cc(-n2ccc(C)n2)c1C. The summed E-state index contributed by atoms with van der Waals surface area (Å²) in [4.78, 5) is 0. The Kier molecular flexibility index (Phi) is 2.69. The lowest BCUT2D eigenvalue weighted by atomic mass is 10.1. The molecule has 0 aliphatic carbocycles. The van der Waals surface area contributed by atoms with Crippen molar-refractivity contribution in [2.45, 2.75) is 20.8 Å².